The average molecular weight is 447 g/mol. The number of ketones is 1. The molecule has 0 radical (unpaired) electrons. The second kappa shape index (κ2) is 9.72. The monoisotopic (exact) mass is 446 g/mol. The molecule has 0 saturated heterocycles. The van der Waals surface area contributed by atoms with Gasteiger partial charge in [0, 0.05) is 17.9 Å². The van der Waals surface area contributed by atoms with Gasteiger partial charge in [-0.05, 0) is 92.1 Å². The van der Waals surface area contributed by atoms with Crippen molar-refractivity contribution in [3.8, 4) is 0 Å². The Labute approximate surface area is 195 Å². The molecule has 0 aromatic heterocycles. The van der Waals surface area contributed by atoms with E-state index in [0.29, 0.717) is 43.4 Å². The molecule has 3 rings (SSSR count). The molecule has 3 N–H and O–H groups in total. The zero-order chi connectivity index (χ0) is 23.8. The van der Waals surface area contributed by atoms with Crippen LogP contribution in [0.4, 0.5) is 0 Å². The zero-order valence-corrected chi connectivity index (χ0v) is 20.9. The molecule has 2 fully saturated rings. The van der Waals surface area contributed by atoms with Gasteiger partial charge in [0.15, 0.2) is 5.78 Å². The lowest BCUT2D eigenvalue weighted by atomic mass is 9.55. The van der Waals surface area contributed by atoms with Crippen molar-refractivity contribution >= 4 is 5.78 Å². The number of aliphatic hydroxyl groups is 3. The van der Waals surface area contributed by atoms with E-state index in [9.17, 15) is 20.1 Å². The van der Waals surface area contributed by atoms with E-state index in [-0.39, 0.29) is 29.6 Å². The van der Waals surface area contributed by atoms with Gasteiger partial charge in [0.2, 0.25) is 0 Å². The van der Waals surface area contributed by atoms with E-state index in [0.717, 1.165) is 31.3 Å². The third-order valence-corrected chi connectivity index (χ3v) is 9.74. The number of aliphatic hydroxyl groups excluding tert-OH is 3. The number of rotatable bonds is 8. The Balaban J connectivity index is 1.86. The van der Waals surface area contributed by atoms with E-state index in [1.54, 1.807) is 0 Å². The molecule has 8 atom stereocenters. The lowest BCUT2D eigenvalue weighted by molar-refractivity contribution is -0.138. The predicted octanol–water partition coefficient (Wildman–Crippen LogP) is 5.07. The Hall–Kier alpha value is -0.970. The molecule has 0 aromatic carbocycles. The maximum atomic E-state index is 13.8. The van der Waals surface area contributed by atoms with Crippen LogP contribution in [0.2, 0.25) is 0 Å². The zero-order valence-electron chi connectivity index (χ0n) is 20.9. The van der Waals surface area contributed by atoms with Crippen molar-refractivity contribution in [1.29, 1.82) is 0 Å². The van der Waals surface area contributed by atoms with Crippen molar-refractivity contribution in [2.45, 2.75) is 98.2 Å². The molecule has 0 heterocycles. The van der Waals surface area contributed by atoms with Gasteiger partial charge in [-0.25, -0.2) is 0 Å². The fourth-order valence-electron chi connectivity index (χ4n) is 7.31. The highest BCUT2D eigenvalue weighted by Gasteiger charge is 2.56. The molecule has 0 unspecified atom stereocenters. The van der Waals surface area contributed by atoms with Gasteiger partial charge >= 0.3 is 0 Å². The topological polar surface area (TPSA) is 77.8 Å². The van der Waals surface area contributed by atoms with Crippen LogP contribution in [0.1, 0.15) is 86.0 Å². The first kappa shape index (κ1) is 25.6. The molecule has 32 heavy (non-hydrogen) atoms. The number of hydrogen-bond donors (Lipinski definition) is 3. The summed E-state index contributed by atoms with van der Waals surface area (Å²) in [5.41, 5.74) is 1.33. The van der Waals surface area contributed by atoms with E-state index in [4.69, 9.17) is 0 Å². The molecule has 0 aromatic rings. The maximum Gasteiger partial charge on any atom is 0.165 e. The Kier molecular flexibility index (Phi) is 7.79. The number of hydrogen-bond acceptors (Lipinski definition) is 4. The molecule has 3 aliphatic rings. The smallest absolute Gasteiger partial charge is 0.165 e. The summed E-state index contributed by atoms with van der Waals surface area (Å²) in [6.45, 7) is 15.3. The molecule has 0 bridgehead atoms. The van der Waals surface area contributed by atoms with Gasteiger partial charge in [-0.1, -0.05) is 46.8 Å². The Morgan fingerprint density at radius 2 is 1.88 bits per heavy atom. The summed E-state index contributed by atoms with van der Waals surface area (Å²) in [5.74, 6) is 1.47. The fraction of sp³-hybridized carbons (Fsp3) is 0.821. The minimum Gasteiger partial charge on any atom is -0.396 e. The first-order valence-corrected chi connectivity index (χ1v) is 12.9. The van der Waals surface area contributed by atoms with Crippen LogP contribution in [0.25, 0.3) is 0 Å². The number of allylic oxidation sites excluding steroid dienone is 2. The Morgan fingerprint density at radius 3 is 2.50 bits per heavy atom. The maximum absolute atomic E-state index is 13.8. The van der Waals surface area contributed by atoms with Crippen LogP contribution in [0.5, 0.6) is 0 Å². The van der Waals surface area contributed by atoms with Gasteiger partial charge in [0.25, 0.3) is 0 Å². The summed E-state index contributed by atoms with van der Waals surface area (Å²) in [4.78, 5) is 13.8. The van der Waals surface area contributed by atoms with Gasteiger partial charge < -0.3 is 15.3 Å². The summed E-state index contributed by atoms with van der Waals surface area (Å²) in [5, 5.41) is 31.1. The minimum absolute atomic E-state index is 0.0715. The van der Waals surface area contributed by atoms with Gasteiger partial charge in [0.05, 0.1) is 12.2 Å². The largest absolute Gasteiger partial charge is 0.396 e. The Bertz CT molecular complexity index is 740. The van der Waals surface area contributed by atoms with E-state index in [1.807, 2.05) is 13.0 Å². The molecule has 4 nitrogen and oxygen atoms in total. The summed E-state index contributed by atoms with van der Waals surface area (Å²) in [6.07, 6.45) is 7.22. The fourth-order valence-corrected chi connectivity index (χ4v) is 7.31. The van der Waals surface area contributed by atoms with Crippen molar-refractivity contribution in [3.63, 3.8) is 0 Å². The lowest BCUT2D eigenvalue weighted by Gasteiger charge is -2.49. The van der Waals surface area contributed by atoms with Crippen LogP contribution in [-0.2, 0) is 4.79 Å². The highest BCUT2D eigenvalue weighted by atomic mass is 16.3. The van der Waals surface area contributed by atoms with Gasteiger partial charge in [-0.3, -0.25) is 4.79 Å². The number of fused-ring (bicyclic) bond motifs is 1. The van der Waals surface area contributed by atoms with Crippen LogP contribution in [0.15, 0.2) is 23.8 Å². The van der Waals surface area contributed by atoms with E-state index in [1.165, 1.54) is 5.57 Å². The average Bonchev–Trinajstić information content (AvgIpc) is 3.07. The van der Waals surface area contributed by atoms with Crippen molar-refractivity contribution in [3.05, 3.63) is 23.8 Å². The lowest BCUT2D eigenvalue weighted by Crippen LogP contribution is -2.52. The van der Waals surface area contributed by atoms with Crippen molar-refractivity contribution < 1.29 is 20.1 Å². The highest BCUT2D eigenvalue weighted by Crippen LogP contribution is 2.59. The van der Waals surface area contributed by atoms with Crippen molar-refractivity contribution in [1.82, 2.24) is 0 Å². The summed E-state index contributed by atoms with van der Waals surface area (Å²) < 4.78 is 0. The second-order valence-corrected chi connectivity index (χ2v) is 11.9. The molecule has 0 spiro atoms. The third kappa shape index (κ3) is 4.52. The second-order valence-electron chi connectivity index (χ2n) is 11.9. The van der Waals surface area contributed by atoms with Crippen LogP contribution in [0, 0.1) is 40.4 Å². The van der Waals surface area contributed by atoms with Gasteiger partial charge in [-0.2, -0.15) is 0 Å². The Morgan fingerprint density at radius 1 is 1.19 bits per heavy atom. The highest BCUT2D eigenvalue weighted by molar-refractivity contribution is 6.01. The molecule has 0 amide bonds. The summed E-state index contributed by atoms with van der Waals surface area (Å²) in [7, 11) is 0. The summed E-state index contributed by atoms with van der Waals surface area (Å²) >= 11 is 0. The first-order valence-electron chi connectivity index (χ1n) is 12.9. The number of carbonyl (C=O) groups excluding carboxylic acids is 1. The summed E-state index contributed by atoms with van der Waals surface area (Å²) in [6, 6.07) is 0. The SMILES string of the molecule is C=C(CC[C@@H](C)[C@H]1CC[C@H](C2=C[C@H](O)[C@H]3C[C@@H](O)CC[C@]3(C)C2=O)[C@]1(C)CCO)C(C)C. The van der Waals surface area contributed by atoms with Crippen LogP contribution < -0.4 is 0 Å². The molecular formula is C28H46O4. The number of carbonyl (C=O) groups is 1. The van der Waals surface area contributed by atoms with E-state index >= 15 is 0 Å². The predicted molar refractivity (Wildman–Crippen MR) is 129 cm³/mol. The molecular weight excluding hydrogens is 400 g/mol. The first-order chi connectivity index (χ1) is 15.0. The molecule has 182 valence electrons. The van der Waals surface area contributed by atoms with Crippen LogP contribution in [0.3, 0.4) is 0 Å². The standard InChI is InChI=1S/C28H46O4/c1-17(2)18(3)7-8-19(4)22-9-10-23(27(22,5)13-14-29)21-16-25(31)24-15-20(30)11-12-28(24,6)26(21)32/h16-17,19-20,22-25,29-31H,3,7-15H2,1-2,4-6H3/t19-,20+,22-,23-,24-,25+,27-,28+/m1/s1. The molecule has 4 heteroatoms. The van der Waals surface area contributed by atoms with Gasteiger partial charge in [-0.15, -0.1) is 0 Å². The molecule has 3 aliphatic carbocycles. The van der Waals surface area contributed by atoms with Crippen LogP contribution in [-0.4, -0.2) is 39.9 Å². The number of Topliss-reactive ketones (excluding diaryl/α,β-unsaturated/α-hetero) is 1. The molecule has 2 saturated carbocycles. The minimum atomic E-state index is -0.688. The quantitative estimate of drug-likeness (QED) is 0.455. The molecule has 0 aliphatic heterocycles. The van der Waals surface area contributed by atoms with Gasteiger partial charge in [0.1, 0.15) is 0 Å². The van der Waals surface area contributed by atoms with E-state index in [2.05, 4.69) is 34.3 Å². The van der Waals surface area contributed by atoms with Crippen molar-refractivity contribution in [2.75, 3.05) is 6.61 Å². The van der Waals surface area contributed by atoms with Crippen molar-refractivity contribution in [2.24, 2.45) is 40.4 Å². The normalized spacial score (nSPS) is 40.8. The van der Waals surface area contributed by atoms with Crippen LogP contribution >= 0.6 is 0 Å². The third-order valence-electron chi connectivity index (χ3n) is 9.74. The van der Waals surface area contributed by atoms with E-state index < -0.39 is 17.6 Å².